The molecule has 1 aliphatic heterocycles. The summed E-state index contributed by atoms with van der Waals surface area (Å²) in [7, 11) is 1.59. The zero-order chi connectivity index (χ0) is 10.5. The molecule has 0 radical (unpaired) electrons. The lowest BCUT2D eigenvalue weighted by molar-refractivity contribution is 0.0511. The molecular weight excluding hydrogens is 196 g/mol. The van der Waals surface area contributed by atoms with Crippen molar-refractivity contribution in [2.24, 2.45) is 0 Å². The smallest absolute Gasteiger partial charge is 0.188 e. The quantitative estimate of drug-likeness (QED) is 0.526. The predicted octanol–water partition coefficient (Wildman–Crippen LogP) is 1.45. The molecule has 0 bridgehead atoms. The third-order valence-corrected chi connectivity index (χ3v) is 2.01. The van der Waals surface area contributed by atoms with Crippen LogP contribution >= 0.6 is 0 Å². The summed E-state index contributed by atoms with van der Waals surface area (Å²) in [6.07, 6.45) is 0.286. The first-order valence-corrected chi connectivity index (χ1v) is 4.84. The van der Waals surface area contributed by atoms with Gasteiger partial charge in [0.2, 0.25) is 0 Å². The minimum absolute atomic E-state index is 0.260. The summed E-state index contributed by atoms with van der Waals surface area (Å²) in [6.45, 7) is 1.70. The Kier molecular flexibility index (Phi) is 3.42. The number of benzene rings is 1. The number of hydrogen-bond acceptors (Lipinski definition) is 4. The first-order valence-electron chi connectivity index (χ1n) is 4.84. The second kappa shape index (κ2) is 5.00. The maximum Gasteiger partial charge on any atom is 0.188 e. The Labute approximate surface area is 88.7 Å². The first kappa shape index (κ1) is 10.3. The van der Waals surface area contributed by atoms with E-state index in [1.807, 2.05) is 24.3 Å². The molecule has 82 valence electrons. The maximum atomic E-state index is 5.48. The highest BCUT2D eigenvalue weighted by molar-refractivity contribution is 5.31. The molecule has 4 heteroatoms. The van der Waals surface area contributed by atoms with Gasteiger partial charge in [0.05, 0.1) is 6.61 Å². The Bertz CT molecular complexity index is 292. The van der Waals surface area contributed by atoms with Crippen molar-refractivity contribution in [1.82, 2.24) is 0 Å². The lowest BCUT2D eigenvalue weighted by Gasteiger charge is -2.06. The van der Waals surface area contributed by atoms with Crippen LogP contribution in [0.25, 0.3) is 0 Å². The average Bonchev–Trinajstić information content (AvgIpc) is 3.09. The van der Waals surface area contributed by atoms with Crippen LogP contribution in [0.3, 0.4) is 0 Å². The molecule has 0 spiro atoms. The lowest BCUT2D eigenvalue weighted by Crippen LogP contribution is -2.04. The van der Waals surface area contributed by atoms with Gasteiger partial charge in [-0.15, -0.1) is 0 Å². The van der Waals surface area contributed by atoms with Gasteiger partial charge in [-0.1, -0.05) is 0 Å². The summed E-state index contributed by atoms with van der Waals surface area (Å²) in [5.41, 5.74) is 0. The van der Waals surface area contributed by atoms with Crippen LogP contribution in [0.15, 0.2) is 24.3 Å². The van der Waals surface area contributed by atoms with Crippen LogP contribution in [0.5, 0.6) is 11.5 Å². The van der Waals surface area contributed by atoms with Crippen molar-refractivity contribution in [3.8, 4) is 11.5 Å². The van der Waals surface area contributed by atoms with Gasteiger partial charge in [-0.25, -0.2) is 0 Å². The molecule has 0 N–H and O–H groups in total. The number of rotatable bonds is 6. The Hall–Kier alpha value is -1.26. The fraction of sp³-hybridized carbons (Fsp3) is 0.455. The average molecular weight is 210 g/mol. The molecule has 1 unspecified atom stereocenters. The highest BCUT2D eigenvalue weighted by Crippen LogP contribution is 2.19. The fourth-order valence-electron chi connectivity index (χ4n) is 1.11. The fourth-order valence-corrected chi connectivity index (χ4v) is 1.11. The zero-order valence-electron chi connectivity index (χ0n) is 8.64. The van der Waals surface area contributed by atoms with E-state index in [4.69, 9.17) is 18.9 Å². The third-order valence-electron chi connectivity index (χ3n) is 2.01. The Morgan fingerprint density at radius 2 is 1.80 bits per heavy atom. The molecule has 1 saturated heterocycles. The minimum Gasteiger partial charge on any atom is -0.491 e. The topological polar surface area (TPSA) is 40.2 Å². The van der Waals surface area contributed by atoms with E-state index in [1.54, 1.807) is 7.11 Å². The van der Waals surface area contributed by atoms with Gasteiger partial charge in [0.1, 0.15) is 24.2 Å². The second-order valence-electron chi connectivity index (χ2n) is 3.29. The summed E-state index contributed by atoms with van der Waals surface area (Å²) < 4.78 is 20.6. The summed E-state index contributed by atoms with van der Waals surface area (Å²) in [6, 6.07) is 7.44. The second-order valence-corrected chi connectivity index (χ2v) is 3.29. The van der Waals surface area contributed by atoms with Crippen LogP contribution in [-0.4, -0.2) is 33.2 Å². The van der Waals surface area contributed by atoms with Gasteiger partial charge in [0, 0.05) is 7.11 Å². The molecule has 0 aliphatic carbocycles. The van der Waals surface area contributed by atoms with Gasteiger partial charge < -0.3 is 18.9 Å². The third kappa shape index (κ3) is 3.42. The Morgan fingerprint density at radius 1 is 1.20 bits per heavy atom. The maximum absolute atomic E-state index is 5.48. The van der Waals surface area contributed by atoms with Crippen LogP contribution < -0.4 is 9.47 Å². The zero-order valence-corrected chi connectivity index (χ0v) is 8.64. The minimum atomic E-state index is 0.260. The van der Waals surface area contributed by atoms with E-state index in [1.165, 1.54) is 0 Å². The largest absolute Gasteiger partial charge is 0.491 e. The number of methoxy groups -OCH3 is 1. The molecule has 1 atom stereocenters. The molecule has 1 fully saturated rings. The number of hydrogen-bond donors (Lipinski definition) is 0. The molecule has 1 heterocycles. The molecule has 0 amide bonds. The van der Waals surface area contributed by atoms with E-state index in [2.05, 4.69) is 0 Å². The summed E-state index contributed by atoms with van der Waals surface area (Å²) in [4.78, 5) is 0. The SMILES string of the molecule is COCOc1ccc(OCC2CO2)cc1. The monoisotopic (exact) mass is 210 g/mol. The Balaban J connectivity index is 1.79. The van der Waals surface area contributed by atoms with E-state index >= 15 is 0 Å². The van der Waals surface area contributed by atoms with Crippen molar-refractivity contribution in [2.45, 2.75) is 6.10 Å². The van der Waals surface area contributed by atoms with Crippen LogP contribution in [0.2, 0.25) is 0 Å². The van der Waals surface area contributed by atoms with Crippen LogP contribution in [0.4, 0.5) is 0 Å². The van der Waals surface area contributed by atoms with E-state index in [0.29, 0.717) is 6.61 Å². The van der Waals surface area contributed by atoms with E-state index < -0.39 is 0 Å². The molecule has 0 aromatic heterocycles. The van der Waals surface area contributed by atoms with Crippen molar-refractivity contribution in [3.05, 3.63) is 24.3 Å². The summed E-state index contributed by atoms with van der Waals surface area (Å²) >= 11 is 0. The first-order chi connectivity index (χ1) is 7.38. The van der Waals surface area contributed by atoms with E-state index in [-0.39, 0.29) is 12.9 Å². The molecule has 2 rings (SSSR count). The highest BCUT2D eigenvalue weighted by atomic mass is 16.7. The summed E-state index contributed by atoms with van der Waals surface area (Å²) in [5.74, 6) is 1.60. The van der Waals surface area contributed by atoms with Crippen molar-refractivity contribution in [3.63, 3.8) is 0 Å². The molecule has 1 aromatic rings. The summed E-state index contributed by atoms with van der Waals surface area (Å²) in [5, 5.41) is 0. The standard InChI is InChI=1S/C11H14O4/c1-12-8-15-10-4-2-9(3-5-10)13-6-11-7-14-11/h2-5,11H,6-8H2,1H3. The molecule has 4 nitrogen and oxygen atoms in total. The molecular formula is C11H14O4. The predicted molar refractivity (Wildman–Crippen MR) is 54.2 cm³/mol. The van der Waals surface area contributed by atoms with Crippen LogP contribution in [0, 0.1) is 0 Å². The molecule has 0 saturated carbocycles. The Morgan fingerprint density at radius 3 is 2.33 bits per heavy atom. The van der Waals surface area contributed by atoms with E-state index in [0.717, 1.165) is 18.1 Å². The van der Waals surface area contributed by atoms with Crippen molar-refractivity contribution in [1.29, 1.82) is 0 Å². The van der Waals surface area contributed by atoms with Crippen molar-refractivity contribution >= 4 is 0 Å². The van der Waals surface area contributed by atoms with Gasteiger partial charge in [0.25, 0.3) is 0 Å². The van der Waals surface area contributed by atoms with Gasteiger partial charge in [-0.2, -0.15) is 0 Å². The lowest BCUT2D eigenvalue weighted by atomic mass is 10.3. The number of epoxide rings is 1. The molecule has 15 heavy (non-hydrogen) atoms. The van der Waals surface area contributed by atoms with Gasteiger partial charge in [0.15, 0.2) is 6.79 Å². The molecule has 1 aromatic carbocycles. The number of ether oxygens (including phenoxy) is 4. The van der Waals surface area contributed by atoms with Crippen LogP contribution in [-0.2, 0) is 9.47 Å². The van der Waals surface area contributed by atoms with Crippen molar-refractivity contribution < 1.29 is 18.9 Å². The van der Waals surface area contributed by atoms with Crippen LogP contribution in [0.1, 0.15) is 0 Å². The van der Waals surface area contributed by atoms with Gasteiger partial charge in [-0.05, 0) is 24.3 Å². The van der Waals surface area contributed by atoms with Gasteiger partial charge >= 0.3 is 0 Å². The van der Waals surface area contributed by atoms with Crippen molar-refractivity contribution in [2.75, 3.05) is 27.1 Å². The molecule has 1 aliphatic rings. The highest BCUT2D eigenvalue weighted by Gasteiger charge is 2.22. The van der Waals surface area contributed by atoms with Gasteiger partial charge in [-0.3, -0.25) is 0 Å². The van der Waals surface area contributed by atoms with E-state index in [9.17, 15) is 0 Å². The normalized spacial score (nSPS) is 18.6.